The molecule has 0 saturated carbocycles. The van der Waals surface area contributed by atoms with Gasteiger partial charge in [-0.05, 0) is 47.5 Å². The van der Waals surface area contributed by atoms with Crippen LogP contribution in [0.15, 0.2) is 77.8 Å². The lowest BCUT2D eigenvalue weighted by atomic mass is 9.95. The summed E-state index contributed by atoms with van der Waals surface area (Å²) >= 11 is 6.04. The second kappa shape index (κ2) is 7.93. The molecule has 0 aliphatic carbocycles. The summed E-state index contributed by atoms with van der Waals surface area (Å²) < 4.78 is 5.23. The Bertz CT molecular complexity index is 1050. The van der Waals surface area contributed by atoms with E-state index in [0.29, 0.717) is 5.02 Å². The number of aliphatic imine (C=N–C) groups is 1. The maximum atomic E-state index is 11.0. The SMILES string of the molecule is COc1ccc(C2=NC(c3ccc(Cl)cc3)C(c3ccc([N+](=O)[O-])cc3)N2)cc1. The first kappa shape index (κ1) is 19.0. The third kappa shape index (κ3) is 3.93. The fraction of sp³-hybridized carbons (Fsp3) is 0.136. The Morgan fingerprint density at radius 1 is 0.966 bits per heavy atom. The number of halogens is 1. The van der Waals surface area contributed by atoms with Crippen LogP contribution in [-0.2, 0) is 0 Å². The van der Waals surface area contributed by atoms with Gasteiger partial charge in [-0.25, -0.2) is 0 Å². The van der Waals surface area contributed by atoms with Gasteiger partial charge < -0.3 is 10.1 Å². The highest BCUT2D eigenvalue weighted by molar-refractivity contribution is 6.30. The molecule has 1 heterocycles. The van der Waals surface area contributed by atoms with Crippen molar-refractivity contribution in [2.45, 2.75) is 12.1 Å². The van der Waals surface area contributed by atoms with E-state index in [1.54, 1.807) is 19.2 Å². The maximum absolute atomic E-state index is 11.0. The Morgan fingerprint density at radius 3 is 2.17 bits per heavy atom. The summed E-state index contributed by atoms with van der Waals surface area (Å²) in [5, 5.41) is 15.1. The second-order valence-electron chi connectivity index (χ2n) is 6.67. The predicted molar refractivity (Wildman–Crippen MR) is 113 cm³/mol. The minimum atomic E-state index is -0.401. The summed E-state index contributed by atoms with van der Waals surface area (Å²) in [5.74, 6) is 1.53. The van der Waals surface area contributed by atoms with E-state index in [0.717, 1.165) is 28.3 Å². The molecule has 2 unspecified atom stereocenters. The Balaban J connectivity index is 1.70. The quantitative estimate of drug-likeness (QED) is 0.472. The number of hydrogen-bond donors (Lipinski definition) is 1. The van der Waals surface area contributed by atoms with Gasteiger partial charge in [0, 0.05) is 22.7 Å². The van der Waals surface area contributed by atoms with Gasteiger partial charge in [-0.1, -0.05) is 35.9 Å². The molecule has 1 aliphatic rings. The van der Waals surface area contributed by atoms with Gasteiger partial charge in [0.2, 0.25) is 0 Å². The van der Waals surface area contributed by atoms with E-state index in [1.807, 2.05) is 48.5 Å². The predicted octanol–water partition coefficient (Wildman–Crippen LogP) is 5.09. The van der Waals surface area contributed by atoms with Gasteiger partial charge in [-0.15, -0.1) is 0 Å². The average molecular weight is 408 g/mol. The fourth-order valence-electron chi connectivity index (χ4n) is 3.38. The van der Waals surface area contributed by atoms with Crippen molar-refractivity contribution in [2.24, 2.45) is 4.99 Å². The third-order valence-corrected chi connectivity index (χ3v) is 5.17. The molecule has 146 valence electrons. The van der Waals surface area contributed by atoms with E-state index in [-0.39, 0.29) is 17.8 Å². The van der Waals surface area contributed by atoms with Crippen LogP contribution in [0.25, 0.3) is 0 Å². The normalized spacial score (nSPS) is 18.1. The van der Waals surface area contributed by atoms with Gasteiger partial charge in [0.1, 0.15) is 17.6 Å². The van der Waals surface area contributed by atoms with Crippen LogP contribution in [0.2, 0.25) is 5.02 Å². The Morgan fingerprint density at radius 2 is 1.59 bits per heavy atom. The first-order chi connectivity index (χ1) is 14.0. The van der Waals surface area contributed by atoms with Gasteiger partial charge in [0.25, 0.3) is 5.69 Å². The van der Waals surface area contributed by atoms with E-state index >= 15 is 0 Å². The van der Waals surface area contributed by atoms with Crippen LogP contribution >= 0.6 is 11.6 Å². The van der Waals surface area contributed by atoms with Gasteiger partial charge in [0.15, 0.2) is 0 Å². The summed E-state index contributed by atoms with van der Waals surface area (Å²) in [6.45, 7) is 0. The smallest absolute Gasteiger partial charge is 0.269 e. The average Bonchev–Trinajstić information content (AvgIpc) is 3.20. The molecule has 0 fully saturated rings. The lowest BCUT2D eigenvalue weighted by molar-refractivity contribution is -0.384. The van der Waals surface area contributed by atoms with Crippen molar-refractivity contribution in [2.75, 3.05) is 7.11 Å². The summed E-state index contributed by atoms with van der Waals surface area (Å²) in [7, 11) is 1.63. The number of non-ortho nitro benzene ring substituents is 1. The molecule has 4 rings (SSSR count). The van der Waals surface area contributed by atoms with Crippen molar-refractivity contribution in [3.63, 3.8) is 0 Å². The van der Waals surface area contributed by atoms with Gasteiger partial charge in [0.05, 0.1) is 18.1 Å². The van der Waals surface area contributed by atoms with Crippen LogP contribution in [0.5, 0.6) is 5.75 Å². The van der Waals surface area contributed by atoms with Gasteiger partial charge >= 0.3 is 0 Å². The molecule has 29 heavy (non-hydrogen) atoms. The zero-order valence-electron chi connectivity index (χ0n) is 15.6. The minimum absolute atomic E-state index is 0.0612. The lowest BCUT2D eigenvalue weighted by Gasteiger charge is -2.19. The highest BCUT2D eigenvalue weighted by Gasteiger charge is 2.32. The number of hydrogen-bond acceptors (Lipinski definition) is 5. The molecule has 0 radical (unpaired) electrons. The van der Waals surface area contributed by atoms with Crippen molar-refractivity contribution >= 4 is 23.1 Å². The first-order valence-electron chi connectivity index (χ1n) is 9.04. The lowest BCUT2D eigenvalue weighted by Crippen LogP contribution is -2.25. The van der Waals surface area contributed by atoms with E-state index in [1.165, 1.54) is 12.1 Å². The number of nitrogens with zero attached hydrogens (tertiary/aromatic N) is 2. The highest BCUT2D eigenvalue weighted by atomic mass is 35.5. The van der Waals surface area contributed by atoms with Crippen LogP contribution in [0.4, 0.5) is 5.69 Å². The molecule has 1 N–H and O–H groups in total. The molecule has 2 atom stereocenters. The number of methoxy groups -OCH3 is 1. The number of ether oxygens (including phenoxy) is 1. The van der Waals surface area contributed by atoms with Gasteiger partial charge in [-0.2, -0.15) is 0 Å². The molecule has 6 nitrogen and oxygen atoms in total. The molecule has 0 spiro atoms. The minimum Gasteiger partial charge on any atom is -0.497 e. The summed E-state index contributed by atoms with van der Waals surface area (Å²) in [4.78, 5) is 15.5. The third-order valence-electron chi connectivity index (χ3n) is 4.91. The van der Waals surface area contributed by atoms with E-state index in [2.05, 4.69) is 5.32 Å². The van der Waals surface area contributed by atoms with Crippen LogP contribution < -0.4 is 10.1 Å². The summed E-state index contributed by atoms with van der Waals surface area (Å²) in [5.41, 5.74) is 2.93. The van der Waals surface area contributed by atoms with E-state index < -0.39 is 4.92 Å². The van der Waals surface area contributed by atoms with Crippen molar-refractivity contribution in [3.05, 3.63) is 105 Å². The highest BCUT2D eigenvalue weighted by Crippen LogP contribution is 2.38. The molecule has 0 aromatic heterocycles. The molecule has 3 aromatic carbocycles. The fourth-order valence-corrected chi connectivity index (χ4v) is 3.51. The van der Waals surface area contributed by atoms with Crippen LogP contribution in [0.3, 0.4) is 0 Å². The van der Waals surface area contributed by atoms with Crippen LogP contribution in [-0.4, -0.2) is 17.9 Å². The second-order valence-corrected chi connectivity index (χ2v) is 7.11. The van der Waals surface area contributed by atoms with Crippen molar-refractivity contribution in [3.8, 4) is 5.75 Å². The molecule has 0 saturated heterocycles. The Kier molecular flexibility index (Phi) is 5.18. The molecule has 0 bridgehead atoms. The largest absolute Gasteiger partial charge is 0.497 e. The molecule has 0 amide bonds. The monoisotopic (exact) mass is 407 g/mol. The zero-order valence-corrected chi connectivity index (χ0v) is 16.3. The Hall–Kier alpha value is -3.38. The molecular formula is C22H18ClN3O3. The number of rotatable bonds is 5. The molecule has 1 aliphatic heterocycles. The number of amidine groups is 1. The van der Waals surface area contributed by atoms with Crippen LogP contribution in [0.1, 0.15) is 28.8 Å². The maximum Gasteiger partial charge on any atom is 0.269 e. The first-order valence-corrected chi connectivity index (χ1v) is 9.41. The van der Waals surface area contributed by atoms with Crippen molar-refractivity contribution in [1.29, 1.82) is 0 Å². The zero-order chi connectivity index (χ0) is 20.4. The standard InChI is InChI=1S/C22H18ClN3O3/c1-29-19-12-6-16(7-13-19)22-24-20(14-2-8-17(23)9-3-14)21(25-22)15-4-10-18(11-5-15)26(27)28/h2-13,20-21H,1H3,(H,24,25). The molecule has 3 aromatic rings. The summed E-state index contributed by atoms with van der Waals surface area (Å²) in [6, 6.07) is 21.5. The van der Waals surface area contributed by atoms with Crippen LogP contribution in [0, 0.1) is 10.1 Å². The number of nitro groups is 1. The Labute approximate surface area is 173 Å². The van der Waals surface area contributed by atoms with Crippen molar-refractivity contribution in [1.82, 2.24) is 5.32 Å². The summed E-state index contributed by atoms with van der Waals surface area (Å²) in [6.07, 6.45) is 0. The van der Waals surface area contributed by atoms with E-state index in [9.17, 15) is 10.1 Å². The topological polar surface area (TPSA) is 76.8 Å². The van der Waals surface area contributed by atoms with Gasteiger partial charge in [-0.3, -0.25) is 15.1 Å². The van der Waals surface area contributed by atoms with Crippen molar-refractivity contribution < 1.29 is 9.66 Å². The van der Waals surface area contributed by atoms with E-state index in [4.69, 9.17) is 21.3 Å². The number of benzene rings is 3. The molecular weight excluding hydrogens is 390 g/mol. The number of nitro benzene ring substituents is 1. The number of nitrogens with one attached hydrogen (secondary N) is 1. The molecule has 7 heteroatoms.